The Labute approximate surface area is 183 Å². The van der Waals surface area contributed by atoms with Gasteiger partial charge in [0.1, 0.15) is 5.82 Å². The summed E-state index contributed by atoms with van der Waals surface area (Å²) in [5.74, 6) is -0.592. The van der Waals surface area contributed by atoms with E-state index in [1.165, 1.54) is 12.1 Å². The maximum absolute atomic E-state index is 14.5. The van der Waals surface area contributed by atoms with E-state index in [9.17, 15) is 14.3 Å². The van der Waals surface area contributed by atoms with Crippen LogP contribution in [0.1, 0.15) is 54.5 Å². The summed E-state index contributed by atoms with van der Waals surface area (Å²) in [6.07, 6.45) is 5.61. The lowest BCUT2D eigenvalue weighted by atomic mass is 9.98. The SMILES string of the molecule is CC(C)(O)c1ccc(S(N)=NC(=O)Nc2c3c(c(Cl)c4c2CCC4)CCC3)c(F)c1. The number of anilines is 1. The van der Waals surface area contributed by atoms with Gasteiger partial charge in [-0.15, -0.1) is 0 Å². The van der Waals surface area contributed by atoms with Crippen molar-refractivity contribution < 1.29 is 14.3 Å². The minimum Gasteiger partial charge on any atom is -0.386 e. The average Bonchev–Trinajstić information content (AvgIpc) is 3.34. The largest absolute Gasteiger partial charge is 0.386 e. The van der Waals surface area contributed by atoms with Crippen LogP contribution in [0.4, 0.5) is 14.9 Å². The molecule has 4 rings (SSSR count). The number of halogens is 2. The molecule has 2 aromatic rings. The maximum Gasteiger partial charge on any atom is 0.352 e. The molecule has 2 amide bonds. The summed E-state index contributed by atoms with van der Waals surface area (Å²) >= 11 is 6.62. The Morgan fingerprint density at radius 3 is 2.27 bits per heavy atom. The number of hydrogen-bond acceptors (Lipinski definition) is 2. The van der Waals surface area contributed by atoms with E-state index in [2.05, 4.69) is 9.68 Å². The van der Waals surface area contributed by atoms with E-state index in [-0.39, 0.29) is 4.90 Å². The van der Waals surface area contributed by atoms with E-state index in [0.29, 0.717) is 5.56 Å². The van der Waals surface area contributed by atoms with Gasteiger partial charge in [-0.25, -0.2) is 9.18 Å². The van der Waals surface area contributed by atoms with E-state index in [4.69, 9.17) is 16.7 Å². The van der Waals surface area contributed by atoms with Crippen molar-refractivity contribution in [1.29, 1.82) is 0 Å². The molecular formula is C22H25ClFN3O2S. The van der Waals surface area contributed by atoms with Gasteiger partial charge in [0.25, 0.3) is 0 Å². The number of benzene rings is 2. The summed E-state index contributed by atoms with van der Waals surface area (Å²) in [7, 11) is -1.45. The van der Waals surface area contributed by atoms with E-state index in [1.54, 1.807) is 19.9 Å². The molecule has 160 valence electrons. The van der Waals surface area contributed by atoms with E-state index >= 15 is 0 Å². The zero-order valence-electron chi connectivity index (χ0n) is 17.0. The zero-order valence-corrected chi connectivity index (χ0v) is 18.6. The summed E-state index contributed by atoms with van der Waals surface area (Å²) < 4.78 is 18.5. The second-order valence-electron chi connectivity index (χ2n) is 8.35. The molecule has 5 nitrogen and oxygen atoms in total. The quantitative estimate of drug-likeness (QED) is 0.619. The summed E-state index contributed by atoms with van der Waals surface area (Å²) in [4.78, 5) is 12.8. The molecule has 0 fully saturated rings. The zero-order chi connectivity index (χ0) is 21.6. The van der Waals surface area contributed by atoms with Gasteiger partial charge in [0, 0.05) is 21.6 Å². The molecule has 1 atom stereocenters. The smallest absolute Gasteiger partial charge is 0.352 e. The van der Waals surface area contributed by atoms with Crippen LogP contribution in [-0.4, -0.2) is 11.1 Å². The molecule has 4 N–H and O–H groups in total. The fourth-order valence-corrected chi connectivity index (χ4v) is 5.56. The highest BCUT2D eigenvalue weighted by Gasteiger charge is 2.28. The number of carbonyl (C=O) groups is 1. The van der Waals surface area contributed by atoms with Gasteiger partial charge < -0.3 is 10.4 Å². The van der Waals surface area contributed by atoms with Gasteiger partial charge in [0.15, 0.2) is 0 Å². The van der Waals surface area contributed by atoms with Crippen molar-refractivity contribution in [1.82, 2.24) is 0 Å². The number of rotatable bonds is 3. The number of nitrogens with zero attached hydrogens (tertiary/aromatic N) is 1. The van der Waals surface area contributed by atoms with Gasteiger partial charge in [-0.3, -0.25) is 5.14 Å². The fraction of sp³-hybridized carbons (Fsp3) is 0.409. The molecule has 2 aliphatic rings. The second kappa shape index (κ2) is 8.04. The molecule has 0 aliphatic heterocycles. The topological polar surface area (TPSA) is 87.7 Å². The molecule has 0 aromatic heterocycles. The first-order valence-corrected chi connectivity index (χ1v) is 11.7. The molecule has 0 heterocycles. The minimum atomic E-state index is -1.45. The normalized spacial score (nSPS) is 16.5. The predicted octanol–water partition coefficient (Wildman–Crippen LogP) is 4.95. The van der Waals surface area contributed by atoms with E-state index in [1.807, 2.05) is 0 Å². The first-order valence-electron chi connectivity index (χ1n) is 10.1. The number of amides is 2. The van der Waals surface area contributed by atoms with E-state index in [0.717, 1.165) is 71.5 Å². The lowest BCUT2D eigenvalue weighted by Crippen LogP contribution is -2.18. The van der Waals surface area contributed by atoms with Crippen LogP contribution in [0, 0.1) is 5.82 Å². The summed E-state index contributed by atoms with van der Waals surface area (Å²) in [5.41, 5.74) is 4.54. The van der Waals surface area contributed by atoms with Crippen molar-refractivity contribution in [3.63, 3.8) is 0 Å². The van der Waals surface area contributed by atoms with Gasteiger partial charge >= 0.3 is 6.03 Å². The van der Waals surface area contributed by atoms with Crippen LogP contribution in [0.5, 0.6) is 0 Å². The molecule has 8 heteroatoms. The Kier molecular flexibility index (Phi) is 5.74. The van der Waals surface area contributed by atoms with Crippen LogP contribution in [0.15, 0.2) is 27.5 Å². The summed E-state index contributed by atoms with van der Waals surface area (Å²) in [5, 5.41) is 19.9. The third-order valence-corrected chi connectivity index (χ3v) is 7.45. The van der Waals surface area contributed by atoms with Gasteiger partial charge in [-0.05, 0) is 92.3 Å². The fourth-order valence-electron chi connectivity index (χ4n) is 4.36. The van der Waals surface area contributed by atoms with Gasteiger partial charge in [-0.1, -0.05) is 17.7 Å². The predicted molar refractivity (Wildman–Crippen MR) is 118 cm³/mol. The number of carbonyl (C=O) groups excluding carboxylic acids is 1. The van der Waals surface area contributed by atoms with Crippen LogP contribution in [0.25, 0.3) is 0 Å². The highest BCUT2D eigenvalue weighted by molar-refractivity contribution is 7.85. The van der Waals surface area contributed by atoms with Crippen molar-refractivity contribution >= 4 is 34.2 Å². The number of hydrogen-bond donors (Lipinski definition) is 3. The Morgan fingerprint density at radius 2 is 1.73 bits per heavy atom. The lowest BCUT2D eigenvalue weighted by molar-refractivity contribution is 0.0781. The summed E-state index contributed by atoms with van der Waals surface area (Å²) in [6.45, 7) is 3.15. The first-order chi connectivity index (χ1) is 14.2. The molecule has 0 saturated carbocycles. The highest BCUT2D eigenvalue weighted by atomic mass is 35.5. The Morgan fingerprint density at radius 1 is 1.17 bits per heavy atom. The Bertz CT molecular complexity index is 1040. The van der Waals surface area contributed by atoms with Crippen molar-refractivity contribution in [2.45, 2.75) is 62.9 Å². The maximum atomic E-state index is 14.5. The Hall–Kier alpha value is -1.80. The highest BCUT2D eigenvalue weighted by Crippen LogP contribution is 2.44. The Balaban J connectivity index is 1.63. The van der Waals surface area contributed by atoms with Crippen LogP contribution >= 0.6 is 11.6 Å². The minimum absolute atomic E-state index is 0.129. The third kappa shape index (κ3) is 3.91. The number of urea groups is 1. The number of aliphatic hydroxyl groups is 1. The van der Waals surface area contributed by atoms with Crippen molar-refractivity contribution in [2.24, 2.45) is 9.50 Å². The summed E-state index contributed by atoms with van der Waals surface area (Å²) in [6, 6.07) is 3.71. The van der Waals surface area contributed by atoms with Crippen LogP contribution in [-0.2, 0) is 42.2 Å². The molecular weight excluding hydrogens is 425 g/mol. The van der Waals surface area contributed by atoms with E-state index < -0.39 is 28.3 Å². The molecule has 2 aromatic carbocycles. The average molecular weight is 450 g/mol. The van der Waals surface area contributed by atoms with Crippen LogP contribution < -0.4 is 10.5 Å². The number of nitrogens with one attached hydrogen (secondary N) is 1. The second-order valence-corrected chi connectivity index (χ2v) is 9.98. The van der Waals surface area contributed by atoms with Gasteiger partial charge in [-0.2, -0.15) is 4.36 Å². The molecule has 2 aliphatic carbocycles. The van der Waals surface area contributed by atoms with Crippen LogP contribution in [0.2, 0.25) is 5.02 Å². The number of fused-ring (bicyclic) bond motifs is 2. The first kappa shape index (κ1) is 21.4. The molecule has 0 radical (unpaired) electrons. The molecule has 0 spiro atoms. The number of nitrogens with two attached hydrogens (primary N) is 1. The van der Waals surface area contributed by atoms with Crippen molar-refractivity contribution in [3.05, 3.63) is 56.9 Å². The standard InChI is InChI=1S/C22H25ClFN3O2S/c1-22(2,29)12-9-10-18(17(24)11-12)30(25)27-21(28)26-20-15-7-3-5-13(15)19(23)14-6-4-8-16(14)20/h9-11,29H,3-8H2,1-2H3,(H3,25,26,27,28). The van der Waals surface area contributed by atoms with Crippen molar-refractivity contribution in [3.8, 4) is 0 Å². The molecule has 0 saturated heterocycles. The third-order valence-electron chi connectivity index (χ3n) is 5.85. The van der Waals surface area contributed by atoms with Crippen LogP contribution in [0.3, 0.4) is 0 Å². The monoisotopic (exact) mass is 449 g/mol. The van der Waals surface area contributed by atoms with Crippen molar-refractivity contribution in [2.75, 3.05) is 5.32 Å². The lowest BCUT2D eigenvalue weighted by Gasteiger charge is -2.18. The van der Waals surface area contributed by atoms with Gasteiger partial charge in [0.05, 0.1) is 10.5 Å². The molecule has 0 bridgehead atoms. The van der Waals surface area contributed by atoms with Gasteiger partial charge in [0.2, 0.25) is 0 Å². The molecule has 1 unspecified atom stereocenters. The molecule has 30 heavy (non-hydrogen) atoms.